The van der Waals surface area contributed by atoms with Crippen molar-refractivity contribution in [3.8, 4) is 28.3 Å². The number of hydrogen-bond acceptors (Lipinski definition) is 9. The number of halogens is 2. The average Bonchev–Trinajstić information content (AvgIpc) is 3.71. The van der Waals surface area contributed by atoms with Crippen molar-refractivity contribution in [1.29, 1.82) is 0 Å². The minimum Gasteiger partial charge on any atom is -0.481 e. The van der Waals surface area contributed by atoms with E-state index in [1.807, 2.05) is 30.3 Å². The molecule has 0 saturated carbocycles. The van der Waals surface area contributed by atoms with Crippen LogP contribution in [0.4, 0.5) is 11.5 Å². The second kappa shape index (κ2) is 12.9. The minimum absolute atomic E-state index is 0.0701. The van der Waals surface area contributed by atoms with Crippen molar-refractivity contribution in [2.75, 3.05) is 19.0 Å². The van der Waals surface area contributed by atoms with Crippen LogP contribution < -0.4 is 31.9 Å². The van der Waals surface area contributed by atoms with Crippen LogP contribution in [0, 0.1) is 6.92 Å². The third-order valence-electron chi connectivity index (χ3n) is 9.28. The van der Waals surface area contributed by atoms with Crippen LogP contribution in [0.5, 0.6) is 5.88 Å². The summed E-state index contributed by atoms with van der Waals surface area (Å²) in [5.74, 6) is 1.25. The van der Waals surface area contributed by atoms with Crippen molar-refractivity contribution in [1.82, 2.24) is 34.7 Å². The van der Waals surface area contributed by atoms with Gasteiger partial charge in [-0.3, -0.25) is 18.7 Å². The largest absolute Gasteiger partial charge is 0.481 e. The van der Waals surface area contributed by atoms with Gasteiger partial charge in [-0.15, -0.1) is 0 Å². The first-order valence-corrected chi connectivity index (χ1v) is 16.7. The minimum atomic E-state index is -0.523. The SMILES string of the molecule is COc1nc(-c2cccc(-c3cccc(Nc4nc(C)nc5c4c(=O)n(C)c(=O)n5C)c3Cl)c2Cl)cc2c1C(NCC1CCC(=O)N1)CC2. The van der Waals surface area contributed by atoms with E-state index in [-0.39, 0.29) is 34.8 Å². The van der Waals surface area contributed by atoms with Crippen molar-refractivity contribution in [2.45, 2.75) is 44.7 Å². The third-order valence-corrected chi connectivity index (χ3v) is 10.1. The fourth-order valence-corrected chi connectivity index (χ4v) is 7.38. The smallest absolute Gasteiger partial charge is 0.332 e. The highest BCUT2D eigenvalue weighted by Gasteiger charge is 2.30. The summed E-state index contributed by atoms with van der Waals surface area (Å²) in [4.78, 5) is 51.2. The Bertz CT molecular complexity index is 2290. The number of rotatable bonds is 8. The second-order valence-electron chi connectivity index (χ2n) is 12.4. The standard InChI is InChI=1S/C35H34Cl2N8O4/c1-17-39-31(28-32(40-17)44(2)35(48)45(3)34(28)47)42-24-10-6-8-21(30(24)37)20-7-5-9-22(29(20)36)25-15-18-11-13-23(27(18)33(43-25)49-4)38-16-19-12-14-26(46)41-19/h5-10,15,19,23,38H,11-14,16H2,1-4H3,(H,41,46)(H,39,40,42). The van der Waals surface area contributed by atoms with Gasteiger partial charge in [-0.2, -0.15) is 0 Å². The zero-order valence-electron chi connectivity index (χ0n) is 27.4. The molecular weight excluding hydrogens is 667 g/mol. The molecule has 1 fully saturated rings. The van der Waals surface area contributed by atoms with Crippen LogP contribution in [0.1, 0.15) is 42.3 Å². The van der Waals surface area contributed by atoms with E-state index in [1.54, 1.807) is 27.1 Å². The first-order chi connectivity index (χ1) is 23.5. The summed E-state index contributed by atoms with van der Waals surface area (Å²) in [6, 6.07) is 13.4. The van der Waals surface area contributed by atoms with Gasteiger partial charge in [-0.1, -0.05) is 53.5 Å². The maximum atomic E-state index is 13.2. The summed E-state index contributed by atoms with van der Waals surface area (Å²) in [5, 5.41) is 10.8. The molecule has 3 N–H and O–H groups in total. The Kier molecular flexibility index (Phi) is 8.64. The number of nitrogens with one attached hydrogen (secondary N) is 3. The average molecular weight is 702 g/mol. The Balaban J connectivity index is 1.23. The molecule has 1 saturated heterocycles. The van der Waals surface area contributed by atoms with Gasteiger partial charge in [0, 0.05) is 61.4 Å². The topological polar surface area (TPSA) is 145 Å². The van der Waals surface area contributed by atoms with Gasteiger partial charge in [-0.25, -0.2) is 19.7 Å². The molecule has 5 aromatic rings. The molecule has 3 aromatic heterocycles. The summed E-state index contributed by atoms with van der Waals surface area (Å²) in [6.07, 6.45) is 3.14. The Morgan fingerprint density at radius 2 is 1.67 bits per heavy atom. The molecule has 0 bridgehead atoms. The number of aromatic nitrogens is 5. The van der Waals surface area contributed by atoms with Crippen LogP contribution in [-0.4, -0.2) is 49.7 Å². The molecule has 252 valence electrons. The molecule has 1 aliphatic heterocycles. The first-order valence-electron chi connectivity index (χ1n) is 16.0. The predicted octanol–water partition coefficient (Wildman–Crippen LogP) is 4.98. The van der Waals surface area contributed by atoms with Crippen molar-refractivity contribution < 1.29 is 9.53 Å². The van der Waals surface area contributed by atoms with Crippen molar-refractivity contribution in [3.63, 3.8) is 0 Å². The van der Waals surface area contributed by atoms with Gasteiger partial charge in [-0.05, 0) is 43.9 Å². The highest BCUT2D eigenvalue weighted by atomic mass is 35.5. The monoisotopic (exact) mass is 700 g/mol. The lowest BCUT2D eigenvalue weighted by Crippen LogP contribution is -2.37. The first kappa shape index (κ1) is 32.8. The van der Waals surface area contributed by atoms with E-state index in [0.717, 1.165) is 40.5 Å². The van der Waals surface area contributed by atoms with Gasteiger partial charge in [0.1, 0.15) is 17.0 Å². The molecule has 2 atom stereocenters. The van der Waals surface area contributed by atoms with Crippen molar-refractivity contribution in [2.24, 2.45) is 14.1 Å². The fourth-order valence-electron chi connectivity index (χ4n) is 6.78. The second-order valence-corrected chi connectivity index (χ2v) is 13.1. The summed E-state index contributed by atoms with van der Waals surface area (Å²) >= 11 is 14.2. The third kappa shape index (κ3) is 5.83. The van der Waals surface area contributed by atoms with Crippen molar-refractivity contribution >= 4 is 51.6 Å². The number of aryl methyl sites for hydroxylation is 3. The highest BCUT2D eigenvalue weighted by molar-refractivity contribution is 6.39. The van der Waals surface area contributed by atoms with Crippen LogP contribution in [-0.2, 0) is 25.3 Å². The van der Waals surface area contributed by atoms with Gasteiger partial charge in [0.15, 0.2) is 5.65 Å². The predicted molar refractivity (Wildman–Crippen MR) is 190 cm³/mol. The molecule has 12 nitrogen and oxygen atoms in total. The molecule has 4 heterocycles. The Morgan fingerprint density at radius 3 is 2.41 bits per heavy atom. The van der Waals surface area contributed by atoms with E-state index in [2.05, 4.69) is 32.0 Å². The summed E-state index contributed by atoms with van der Waals surface area (Å²) in [7, 11) is 4.59. The lowest BCUT2D eigenvalue weighted by Gasteiger charge is -2.20. The van der Waals surface area contributed by atoms with Crippen LogP contribution >= 0.6 is 23.2 Å². The van der Waals surface area contributed by atoms with E-state index in [1.165, 1.54) is 11.6 Å². The summed E-state index contributed by atoms with van der Waals surface area (Å²) in [5.41, 5.74) is 4.62. The number of ether oxygens (including phenoxy) is 1. The normalized spacial score (nSPS) is 17.0. The van der Waals surface area contributed by atoms with Crippen LogP contribution in [0.3, 0.4) is 0 Å². The number of nitrogens with zero attached hydrogens (tertiary/aromatic N) is 5. The van der Waals surface area contributed by atoms with E-state index in [9.17, 15) is 14.4 Å². The number of carbonyl (C=O) groups excluding carboxylic acids is 1. The lowest BCUT2D eigenvalue weighted by molar-refractivity contribution is -0.119. The molecule has 2 aromatic carbocycles. The van der Waals surface area contributed by atoms with E-state index in [4.69, 9.17) is 32.9 Å². The number of benzene rings is 2. The number of anilines is 2. The maximum Gasteiger partial charge on any atom is 0.332 e. The van der Waals surface area contributed by atoms with E-state index < -0.39 is 11.2 Å². The zero-order valence-corrected chi connectivity index (χ0v) is 28.9. The number of carbonyl (C=O) groups is 1. The van der Waals surface area contributed by atoms with E-state index in [0.29, 0.717) is 57.2 Å². The molecular formula is C35H34Cl2N8O4. The highest BCUT2D eigenvalue weighted by Crippen LogP contribution is 2.44. The van der Waals surface area contributed by atoms with Crippen LogP contribution in [0.2, 0.25) is 10.0 Å². The molecule has 0 spiro atoms. The number of amides is 1. The Hall–Kier alpha value is -4.78. The lowest BCUT2D eigenvalue weighted by atomic mass is 9.99. The number of methoxy groups -OCH3 is 1. The molecule has 2 aliphatic rings. The quantitative estimate of drug-likeness (QED) is 0.204. The summed E-state index contributed by atoms with van der Waals surface area (Å²) in [6.45, 7) is 2.37. The Morgan fingerprint density at radius 1 is 0.939 bits per heavy atom. The number of hydrogen-bond donors (Lipinski definition) is 3. The fraction of sp³-hybridized carbons (Fsp3) is 0.314. The molecule has 1 aliphatic carbocycles. The Labute approximate surface area is 291 Å². The maximum absolute atomic E-state index is 13.2. The van der Waals surface area contributed by atoms with Crippen LogP contribution in [0.15, 0.2) is 52.1 Å². The van der Waals surface area contributed by atoms with Gasteiger partial charge in [0.2, 0.25) is 11.8 Å². The van der Waals surface area contributed by atoms with Gasteiger partial charge < -0.3 is 20.7 Å². The van der Waals surface area contributed by atoms with Gasteiger partial charge in [0.25, 0.3) is 5.56 Å². The zero-order chi connectivity index (χ0) is 34.6. The summed E-state index contributed by atoms with van der Waals surface area (Å²) < 4.78 is 8.14. The molecule has 1 amide bonds. The van der Waals surface area contributed by atoms with Gasteiger partial charge >= 0.3 is 5.69 Å². The number of pyridine rings is 1. The molecule has 0 radical (unpaired) electrons. The molecule has 7 rings (SSSR count). The number of fused-ring (bicyclic) bond motifs is 2. The van der Waals surface area contributed by atoms with Crippen LogP contribution in [0.25, 0.3) is 33.4 Å². The van der Waals surface area contributed by atoms with Gasteiger partial charge in [0.05, 0.1) is 28.5 Å². The molecule has 14 heteroatoms. The van der Waals surface area contributed by atoms with Crippen molar-refractivity contribution in [3.05, 3.63) is 90.3 Å². The van der Waals surface area contributed by atoms with E-state index >= 15 is 0 Å². The molecule has 49 heavy (non-hydrogen) atoms. The molecule has 2 unspecified atom stereocenters.